The fourth-order valence-electron chi connectivity index (χ4n) is 3.24. The number of anilines is 1. The second kappa shape index (κ2) is 6.92. The monoisotopic (exact) mass is 427 g/mol. The molecule has 0 atom stereocenters. The van der Waals surface area contributed by atoms with Crippen molar-refractivity contribution in [1.82, 2.24) is 0 Å². The minimum atomic E-state index is -1.30. The summed E-state index contributed by atoms with van der Waals surface area (Å²) in [5, 5.41) is 20.0. The topological polar surface area (TPSA) is 94.9 Å². The summed E-state index contributed by atoms with van der Waals surface area (Å²) in [6, 6.07) is 12.9. The lowest BCUT2D eigenvalue weighted by atomic mass is 10.0. The summed E-state index contributed by atoms with van der Waals surface area (Å²) in [6.07, 6.45) is 0. The number of hydrogen-bond donors (Lipinski definition) is 2. The largest absolute Gasteiger partial charge is 0.508 e. The van der Waals surface area contributed by atoms with E-state index in [1.807, 2.05) is 0 Å². The van der Waals surface area contributed by atoms with Crippen molar-refractivity contribution >= 4 is 46.7 Å². The fourth-order valence-corrected chi connectivity index (χ4v) is 3.75. The molecular weight excluding hydrogens is 417 g/mol. The van der Waals surface area contributed by atoms with E-state index in [-0.39, 0.29) is 28.1 Å². The highest BCUT2D eigenvalue weighted by Crippen LogP contribution is 2.37. The Labute approximate surface area is 174 Å². The minimum Gasteiger partial charge on any atom is -0.508 e. The fraction of sp³-hybridized carbons (Fsp3) is 0. The molecule has 1 heterocycles. The van der Waals surface area contributed by atoms with Crippen molar-refractivity contribution in [3.8, 4) is 16.9 Å². The van der Waals surface area contributed by atoms with Crippen molar-refractivity contribution in [2.45, 2.75) is 0 Å². The maximum atomic E-state index is 12.9. The van der Waals surface area contributed by atoms with Gasteiger partial charge < -0.3 is 10.2 Å². The molecule has 0 radical (unpaired) electrons. The number of benzene rings is 3. The van der Waals surface area contributed by atoms with Crippen molar-refractivity contribution in [3.05, 3.63) is 81.3 Å². The number of rotatable bonds is 3. The zero-order chi connectivity index (χ0) is 20.9. The highest BCUT2D eigenvalue weighted by Gasteiger charge is 2.38. The number of halogens is 2. The number of carboxylic acid groups (broad SMARTS) is 1. The Morgan fingerprint density at radius 2 is 1.52 bits per heavy atom. The number of phenolic OH excluding ortho intramolecular Hbond substituents is 1. The lowest BCUT2D eigenvalue weighted by molar-refractivity contribution is 0.0698. The predicted octanol–water partition coefficient (Wildman–Crippen LogP) is 4.86. The van der Waals surface area contributed by atoms with E-state index in [1.54, 1.807) is 12.1 Å². The number of carboxylic acids is 1. The molecule has 0 aliphatic carbocycles. The van der Waals surface area contributed by atoms with E-state index in [9.17, 15) is 24.6 Å². The average molecular weight is 428 g/mol. The van der Waals surface area contributed by atoms with Gasteiger partial charge in [-0.2, -0.15) is 0 Å². The number of aromatic hydroxyl groups is 1. The van der Waals surface area contributed by atoms with Crippen LogP contribution in [0.4, 0.5) is 5.69 Å². The van der Waals surface area contributed by atoms with Gasteiger partial charge in [-0.1, -0.05) is 35.3 Å². The Morgan fingerprint density at radius 3 is 2.21 bits per heavy atom. The summed E-state index contributed by atoms with van der Waals surface area (Å²) in [7, 11) is 0. The first-order valence-electron chi connectivity index (χ1n) is 8.32. The van der Waals surface area contributed by atoms with E-state index in [2.05, 4.69) is 0 Å². The van der Waals surface area contributed by atoms with Crippen LogP contribution in [0.2, 0.25) is 10.0 Å². The van der Waals surface area contributed by atoms with Crippen molar-refractivity contribution in [3.63, 3.8) is 0 Å². The Balaban J connectivity index is 1.90. The van der Waals surface area contributed by atoms with Crippen molar-refractivity contribution in [1.29, 1.82) is 0 Å². The van der Waals surface area contributed by atoms with Crippen molar-refractivity contribution < 1.29 is 24.6 Å². The van der Waals surface area contributed by atoms with Crippen LogP contribution in [-0.4, -0.2) is 28.0 Å². The molecule has 4 rings (SSSR count). The molecule has 0 fully saturated rings. The molecule has 29 heavy (non-hydrogen) atoms. The number of carbonyl (C=O) groups excluding carboxylic acids is 2. The van der Waals surface area contributed by atoms with Gasteiger partial charge in [-0.05, 0) is 48.0 Å². The van der Waals surface area contributed by atoms with Crippen LogP contribution in [0, 0.1) is 0 Å². The van der Waals surface area contributed by atoms with Gasteiger partial charge >= 0.3 is 5.97 Å². The van der Waals surface area contributed by atoms with Crippen LogP contribution in [0.5, 0.6) is 5.75 Å². The van der Waals surface area contributed by atoms with Crippen molar-refractivity contribution in [2.24, 2.45) is 0 Å². The summed E-state index contributed by atoms with van der Waals surface area (Å²) in [5.74, 6) is -2.87. The Kier molecular flexibility index (Phi) is 4.53. The third kappa shape index (κ3) is 3.12. The van der Waals surface area contributed by atoms with E-state index >= 15 is 0 Å². The zero-order valence-electron chi connectivity index (χ0n) is 14.5. The first kappa shape index (κ1) is 19.0. The van der Waals surface area contributed by atoms with Crippen LogP contribution < -0.4 is 4.90 Å². The second-order valence-corrected chi connectivity index (χ2v) is 7.18. The number of hydrogen-bond acceptors (Lipinski definition) is 4. The minimum absolute atomic E-state index is 0.00117. The van der Waals surface area contributed by atoms with Gasteiger partial charge in [-0.3, -0.25) is 9.59 Å². The van der Waals surface area contributed by atoms with Gasteiger partial charge in [0.25, 0.3) is 11.8 Å². The molecule has 3 aromatic rings. The SMILES string of the molecule is O=C(O)c1ccc(-c2ccc(Cl)cc2Cl)cc1N1C(=O)c2ccc(O)cc2C1=O. The quantitative estimate of drug-likeness (QED) is 0.581. The van der Waals surface area contributed by atoms with Gasteiger partial charge in [-0.25, -0.2) is 9.69 Å². The third-order valence-electron chi connectivity index (χ3n) is 4.58. The van der Waals surface area contributed by atoms with Gasteiger partial charge in [-0.15, -0.1) is 0 Å². The molecule has 8 heteroatoms. The van der Waals surface area contributed by atoms with Gasteiger partial charge in [0.05, 0.1) is 22.4 Å². The Hall–Kier alpha value is -3.35. The first-order valence-corrected chi connectivity index (χ1v) is 9.08. The van der Waals surface area contributed by atoms with E-state index in [0.29, 0.717) is 21.2 Å². The molecule has 0 saturated heterocycles. The molecule has 3 aromatic carbocycles. The zero-order valence-corrected chi connectivity index (χ0v) is 16.0. The summed E-state index contributed by atoms with van der Waals surface area (Å²) < 4.78 is 0. The standard InChI is InChI=1S/C21H11Cl2NO5/c22-11-2-5-13(17(23)8-11)10-1-4-15(21(28)29)18(7-10)24-19(26)14-6-3-12(25)9-16(14)20(24)27/h1-9,25H,(H,28,29). The molecule has 0 saturated carbocycles. The van der Waals surface area contributed by atoms with Crippen LogP contribution >= 0.6 is 23.2 Å². The van der Waals surface area contributed by atoms with Crippen molar-refractivity contribution in [2.75, 3.05) is 4.90 Å². The van der Waals surface area contributed by atoms with Gasteiger partial charge in [0.2, 0.25) is 0 Å². The van der Waals surface area contributed by atoms with Gasteiger partial charge in [0.15, 0.2) is 0 Å². The predicted molar refractivity (Wildman–Crippen MR) is 108 cm³/mol. The molecule has 6 nitrogen and oxygen atoms in total. The molecule has 2 N–H and O–H groups in total. The Morgan fingerprint density at radius 1 is 0.828 bits per heavy atom. The van der Waals surface area contributed by atoms with E-state index in [4.69, 9.17) is 23.2 Å². The average Bonchev–Trinajstić information content (AvgIpc) is 2.91. The maximum Gasteiger partial charge on any atom is 0.337 e. The van der Waals surface area contributed by atoms with E-state index in [0.717, 1.165) is 4.90 Å². The smallest absolute Gasteiger partial charge is 0.337 e. The summed E-state index contributed by atoms with van der Waals surface area (Å²) in [5.41, 5.74) is 0.833. The van der Waals surface area contributed by atoms with Crippen LogP contribution in [0.3, 0.4) is 0 Å². The molecule has 0 spiro atoms. The summed E-state index contributed by atoms with van der Waals surface area (Å²) >= 11 is 12.2. The number of nitrogens with zero attached hydrogens (tertiary/aromatic N) is 1. The molecule has 0 aromatic heterocycles. The number of carbonyl (C=O) groups is 3. The molecular formula is C21H11Cl2NO5. The van der Waals surface area contributed by atoms with Crippen LogP contribution in [0.1, 0.15) is 31.1 Å². The molecule has 1 aliphatic heterocycles. The van der Waals surface area contributed by atoms with Crippen LogP contribution in [0.25, 0.3) is 11.1 Å². The molecule has 144 valence electrons. The number of aromatic carboxylic acids is 1. The molecule has 2 amide bonds. The van der Waals surface area contributed by atoms with Crippen LogP contribution in [0.15, 0.2) is 54.6 Å². The summed E-state index contributed by atoms with van der Waals surface area (Å²) in [4.78, 5) is 38.2. The van der Waals surface area contributed by atoms with Crippen LogP contribution in [-0.2, 0) is 0 Å². The number of imide groups is 1. The number of amides is 2. The lowest BCUT2D eigenvalue weighted by Gasteiger charge is -2.18. The van der Waals surface area contributed by atoms with E-state index in [1.165, 1.54) is 42.5 Å². The molecule has 0 unspecified atom stereocenters. The molecule has 1 aliphatic rings. The first-order chi connectivity index (χ1) is 13.8. The number of phenols is 1. The highest BCUT2D eigenvalue weighted by molar-refractivity contribution is 6.37. The Bertz CT molecular complexity index is 1220. The summed E-state index contributed by atoms with van der Waals surface area (Å²) in [6.45, 7) is 0. The lowest BCUT2D eigenvalue weighted by Crippen LogP contribution is -2.31. The van der Waals surface area contributed by atoms with Gasteiger partial charge in [0.1, 0.15) is 5.75 Å². The maximum absolute atomic E-state index is 12.9. The number of fused-ring (bicyclic) bond motifs is 1. The van der Waals surface area contributed by atoms with Gasteiger partial charge in [0, 0.05) is 15.6 Å². The second-order valence-electron chi connectivity index (χ2n) is 6.34. The molecule has 0 bridgehead atoms. The van der Waals surface area contributed by atoms with E-state index < -0.39 is 17.8 Å². The highest BCUT2D eigenvalue weighted by atomic mass is 35.5. The normalized spacial score (nSPS) is 13.0. The third-order valence-corrected chi connectivity index (χ3v) is 5.13.